The second-order valence-electron chi connectivity index (χ2n) is 6.83. The van der Waals surface area contributed by atoms with Crippen LogP contribution in [0.5, 0.6) is 0 Å². The summed E-state index contributed by atoms with van der Waals surface area (Å²) >= 11 is 0. The van der Waals surface area contributed by atoms with Crippen LogP contribution < -0.4 is 15.5 Å². The Morgan fingerprint density at radius 1 is 1.22 bits per heavy atom. The fourth-order valence-electron chi connectivity index (χ4n) is 3.35. The van der Waals surface area contributed by atoms with Crippen molar-refractivity contribution < 1.29 is 4.79 Å². The number of anilines is 1. The van der Waals surface area contributed by atoms with Gasteiger partial charge in [-0.1, -0.05) is 18.2 Å². The van der Waals surface area contributed by atoms with E-state index in [9.17, 15) is 4.79 Å². The van der Waals surface area contributed by atoms with Crippen LogP contribution in [0, 0.1) is 0 Å². The van der Waals surface area contributed by atoms with E-state index in [-0.39, 0.29) is 5.91 Å². The lowest BCUT2D eigenvalue weighted by Crippen LogP contribution is -2.38. The van der Waals surface area contributed by atoms with Gasteiger partial charge in [0.15, 0.2) is 5.96 Å². The van der Waals surface area contributed by atoms with Crippen LogP contribution in [0.15, 0.2) is 47.7 Å². The van der Waals surface area contributed by atoms with Gasteiger partial charge in [-0.2, -0.15) is 0 Å². The molecule has 0 fully saturated rings. The zero-order valence-electron chi connectivity index (χ0n) is 16.2. The van der Waals surface area contributed by atoms with Crippen LogP contribution in [0.3, 0.4) is 0 Å². The molecule has 1 aliphatic rings. The summed E-state index contributed by atoms with van der Waals surface area (Å²) in [6.45, 7) is 5.02. The molecule has 6 heteroatoms. The van der Waals surface area contributed by atoms with Crippen molar-refractivity contribution >= 4 is 17.6 Å². The first kappa shape index (κ1) is 19.0. The van der Waals surface area contributed by atoms with Crippen molar-refractivity contribution in [2.75, 3.05) is 24.5 Å². The molecule has 1 amide bonds. The van der Waals surface area contributed by atoms with E-state index in [2.05, 4.69) is 34.0 Å². The number of nitrogens with zero attached hydrogens (tertiary/aromatic N) is 3. The highest BCUT2D eigenvalue weighted by molar-refractivity contribution is 5.95. The summed E-state index contributed by atoms with van der Waals surface area (Å²) < 4.78 is 2.02. The number of aryl methyl sites for hydroxylation is 1. The summed E-state index contributed by atoms with van der Waals surface area (Å²) in [5.74, 6) is 0.994. The Bertz CT molecular complexity index is 795. The first-order chi connectivity index (χ1) is 13.2. The maximum absolute atomic E-state index is 12.5. The Hall–Kier alpha value is -2.76. The van der Waals surface area contributed by atoms with E-state index < -0.39 is 0 Å². The highest BCUT2D eigenvalue weighted by atomic mass is 16.2. The molecule has 2 N–H and O–H groups in total. The van der Waals surface area contributed by atoms with Gasteiger partial charge in [-0.25, -0.2) is 4.99 Å². The summed E-state index contributed by atoms with van der Waals surface area (Å²) in [6.07, 6.45) is 6.37. The van der Waals surface area contributed by atoms with E-state index in [0.717, 1.165) is 44.1 Å². The topological polar surface area (TPSA) is 61.7 Å². The van der Waals surface area contributed by atoms with Crippen LogP contribution in [0.2, 0.25) is 0 Å². The maximum Gasteiger partial charge on any atom is 0.227 e. The van der Waals surface area contributed by atoms with Crippen LogP contribution in [0.4, 0.5) is 5.69 Å². The van der Waals surface area contributed by atoms with Crippen molar-refractivity contribution in [1.82, 2.24) is 15.2 Å². The molecule has 0 spiro atoms. The molecule has 0 unspecified atom stereocenters. The fraction of sp³-hybridized carbons (Fsp3) is 0.429. The summed E-state index contributed by atoms with van der Waals surface area (Å²) in [5.41, 5.74) is 3.53. The second kappa shape index (κ2) is 9.26. The summed E-state index contributed by atoms with van der Waals surface area (Å²) in [4.78, 5) is 19.1. The molecule has 6 nitrogen and oxygen atoms in total. The van der Waals surface area contributed by atoms with Gasteiger partial charge in [0.25, 0.3) is 0 Å². The summed E-state index contributed by atoms with van der Waals surface area (Å²) in [7, 11) is 2.01. The smallest absolute Gasteiger partial charge is 0.227 e. The quantitative estimate of drug-likeness (QED) is 0.449. The zero-order chi connectivity index (χ0) is 19.1. The molecule has 0 atom stereocenters. The predicted octanol–water partition coefficient (Wildman–Crippen LogP) is 2.45. The van der Waals surface area contributed by atoms with Crippen LogP contribution in [-0.4, -0.2) is 36.1 Å². The fourth-order valence-corrected chi connectivity index (χ4v) is 3.35. The van der Waals surface area contributed by atoms with Gasteiger partial charge in [0.05, 0.1) is 6.54 Å². The standard InChI is InChI=1S/C21H29N5O/c1-3-22-21(24-15-17-10-13-25(2)16-17)23-12-6-9-20(27)26-14-11-18-7-4-5-8-19(18)26/h4-5,7-8,10,13,16H,3,6,9,11-12,14-15H2,1-2H3,(H2,22,23,24). The second-order valence-corrected chi connectivity index (χ2v) is 6.83. The lowest BCUT2D eigenvalue weighted by atomic mass is 10.2. The summed E-state index contributed by atoms with van der Waals surface area (Å²) in [6, 6.07) is 10.2. The molecule has 2 heterocycles. The number of aromatic nitrogens is 1. The molecule has 27 heavy (non-hydrogen) atoms. The number of amides is 1. The number of carbonyl (C=O) groups is 1. The maximum atomic E-state index is 12.5. The molecule has 2 aromatic rings. The predicted molar refractivity (Wildman–Crippen MR) is 110 cm³/mol. The van der Waals surface area contributed by atoms with Gasteiger partial charge >= 0.3 is 0 Å². The SMILES string of the molecule is CCNC(=NCc1ccn(C)c1)NCCCC(=O)N1CCc2ccccc21. The number of carbonyl (C=O) groups excluding carboxylic acids is 1. The summed E-state index contributed by atoms with van der Waals surface area (Å²) in [5, 5.41) is 6.58. The lowest BCUT2D eigenvalue weighted by Gasteiger charge is -2.17. The van der Waals surface area contributed by atoms with Gasteiger partial charge in [0.1, 0.15) is 0 Å². The molecule has 1 aliphatic heterocycles. The molecular formula is C21H29N5O. The van der Waals surface area contributed by atoms with E-state index in [1.807, 2.05) is 47.8 Å². The molecule has 3 rings (SSSR count). The van der Waals surface area contributed by atoms with E-state index in [0.29, 0.717) is 13.0 Å². The van der Waals surface area contributed by atoms with Gasteiger partial charge in [-0.3, -0.25) is 4.79 Å². The van der Waals surface area contributed by atoms with Crippen LogP contribution in [0.25, 0.3) is 0 Å². The first-order valence-electron chi connectivity index (χ1n) is 9.68. The third-order valence-corrected chi connectivity index (χ3v) is 4.71. The van der Waals surface area contributed by atoms with Crippen molar-refractivity contribution in [2.24, 2.45) is 12.0 Å². The number of para-hydroxylation sites is 1. The Labute approximate surface area is 161 Å². The minimum absolute atomic E-state index is 0.202. The number of aliphatic imine (C=N–C) groups is 1. The molecule has 0 saturated heterocycles. The van der Waals surface area contributed by atoms with Crippen molar-refractivity contribution in [2.45, 2.75) is 32.7 Å². The molecule has 0 radical (unpaired) electrons. The van der Waals surface area contributed by atoms with Crippen molar-refractivity contribution in [3.05, 3.63) is 53.9 Å². The van der Waals surface area contributed by atoms with Gasteiger partial charge < -0.3 is 20.1 Å². The van der Waals surface area contributed by atoms with Crippen molar-refractivity contribution in [3.8, 4) is 0 Å². The highest BCUT2D eigenvalue weighted by Crippen LogP contribution is 2.27. The lowest BCUT2D eigenvalue weighted by molar-refractivity contribution is -0.118. The number of benzene rings is 1. The average Bonchev–Trinajstić information content (AvgIpc) is 3.29. The average molecular weight is 367 g/mol. The van der Waals surface area contributed by atoms with Gasteiger partial charge in [0, 0.05) is 51.2 Å². The zero-order valence-corrected chi connectivity index (χ0v) is 16.2. The third kappa shape index (κ3) is 5.12. The van der Waals surface area contributed by atoms with Crippen LogP contribution in [0.1, 0.15) is 30.9 Å². The molecule has 0 bridgehead atoms. The van der Waals surface area contributed by atoms with E-state index in [1.54, 1.807) is 0 Å². The Balaban J connectivity index is 1.44. The van der Waals surface area contributed by atoms with Gasteiger partial charge in [0.2, 0.25) is 5.91 Å². The third-order valence-electron chi connectivity index (χ3n) is 4.71. The van der Waals surface area contributed by atoms with Crippen molar-refractivity contribution in [3.63, 3.8) is 0 Å². The number of nitrogens with one attached hydrogen (secondary N) is 2. The highest BCUT2D eigenvalue weighted by Gasteiger charge is 2.23. The van der Waals surface area contributed by atoms with Gasteiger partial charge in [-0.05, 0) is 43.0 Å². The first-order valence-corrected chi connectivity index (χ1v) is 9.68. The van der Waals surface area contributed by atoms with E-state index >= 15 is 0 Å². The van der Waals surface area contributed by atoms with E-state index in [1.165, 1.54) is 11.1 Å². The van der Waals surface area contributed by atoms with Crippen molar-refractivity contribution in [1.29, 1.82) is 0 Å². The van der Waals surface area contributed by atoms with Crippen LogP contribution in [-0.2, 0) is 24.8 Å². The molecule has 1 aromatic carbocycles. The number of hydrogen-bond acceptors (Lipinski definition) is 2. The minimum Gasteiger partial charge on any atom is -0.357 e. The molecule has 1 aromatic heterocycles. The molecular weight excluding hydrogens is 338 g/mol. The van der Waals surface area contributed by atoms with Crippen LogP contribution >= 0.6 is 0 Å². The Kier molecular flexibility index (Phi) is 6.52. The Morgan fingerprint density at radius 2 is 2.07 bits per heavy atom. The number of fused-ring (bicyclic) bond motifs is 1. The minimum atomic E-state index is 0.202. The molecule has 144 valence electrons. The monoisotopic (exact) mass is 367 g/mol. The van der Waals surface area contributed by atoms with Gasteiger partial charge in [-0.15, -0.1) is 0 Å². The normalized spacial score (nSPS) is 13.6. The number of rotatable bonds is 7. The molecule has 0 aliphatic carbocycles. The molecule has 0 saturated carbocycles. The largest absolute Gasteiger partial charge is 0.357 e. The number of guanidine groups is 1. The Morgan fingerprint density at radius 3 is 2.85 bits per heavy atom. The number of hydrogen-bond donors (Lipinski definition) is 2. The van der Waals surface area contributed by atoms with E-state index in [4.69, 9.17) is 0 Å².